The molecule has 0 bridgehead atoms. The van der Waals surface area contributed by atoms with Gasteiger partial charge in [-0.15, -0.1) is 0 Å². The summed E-state index contributed by atoms with van der Waals surface area (Å²) in [5.74, 6) is -0.539. The van der Waals surface area contributed by atoms with Crippen molar-refractivity contribution >= 4 is 23.4 Å². The van der Waals surface area contributed by atoms with Gasteiger partial charge in [0.1, 0.15) is 6.29 Å². The lowest BCUT2D eigenvalue weighted by atomic mass is 10.4. The lowest BCUT2D eigenvalue weighted by molar-refractivity contribution is -0.396. The fourth-order valence-electron chi connectivity index (χ4n) is 1.96. The lowest BCUT2D eigenvalue weighted by Crippen LogP contribution is -2.38. The molecule has 0 aliphatic rings. The Kier molecular flexibility index (Phi) is 3.22. The number of aromatic nitrogens is 4. The molecule has 2 aromatic heterocycles. The van der Waals surface area contributed by atoms with Crippen LogP contribution >= 0.6 is 0 Å². The van der Waals surface area contributed by atoms with Crippen molar-refractivity contribution in [2.24, 2.45) is 14.1 Å². The number of aryl methyl sites for hydroxylation is 2. The second-order valence-electron chi connectivity index (χ2n) is 4.15. The summed E-state index contributed by atoms with van der Waals surface area (Å²) < 4.78 is 2.94. The van der Waals surface area contributed by atoms with E-state index in [1.165, 1.54) is 14.1 Å². The highest BCUT2D eigenvalue weighted by Gasteiger charge is 2.26. The van der Waals surface area contributed by atoms with E-state index in [1.54, 1.807) is 0 Å². The summed E-state index contributed by atoms with van der Waals surface area (Å²) in [4.78, 5) is 48.3. The molecule has 0 amide bonds. The van der Waals surface area contributed by atoms with Crippen LogP contribution in [-0.2, 0) is 25.4 Å². The fraction of sp³-hybridized carbons (Fsp3) is 0.400. The van der Waals surface area contributed by atoms with Crippen molar-refractivity contribution in [2.45, 2.75) is 13.0 Å². The van der Waals surface area contributed by atoms with E-state index in [4.69, 9.17) is 0 Å². The minimum atomic E-state index is -0.742. The Morgan fingerprint density at radius 3 is 2.50 bits per heavy atom. The Bertz CT molecular complexity index is 827. The molecule has 2 heterocycles. The molecule has 0 atom stereocenters. The van der Waals surface area contributed by atoms with E-state index in [2.05, 4.69) is 4.98 Å². The first kappa shape index (κ1) is 13.6. The van der Waals surface area contributed by atoms with Crippen molar-refractivity contribution in [3.8, 4) is 0 Å². The summed E-state index contributed by atoms with van der Waals surface area (Å²) in [5, 5.41) is 10.9. The Balaban J connectivity index is 2.95. The van der Waals surface area contributed by atoms with Gasteiger partial charge in [0.15, 0.2) is 0 Å². The third-order valence-corrected chi connectivity index (χ3v) is 2.97. The standard InChI is InChI=1S/C10H11N5O5/c1-12-6-7(11-9(12)15(19)20)14(4-3-5-16)10(18)13(2)8(6)17/h5H,3-4H2,1-2H3. The summed E-state index contributed by atoms with van der Waals surface area (Å²) in [6.45, 7) is 0.00111. The molecule has 0 aromatic carbocycles. The SMILES string of the molecule is Cn1c(=O)c2c(nc([N+](=O)[O-])n2C)n(CCC=O)c1=O. The van der Waals surface area contributed by atoms with Gasteiger partial charge in [-0.1, -0.05) is 0 Å². The first-order valence-electron chi connectivity index (χ1n) is 5.64. The minimum Gasteiger partial charge on any atom is -0.390 e. The van der Waals surface area contributed by atoms with Crippen LogP contribution in [0.2, 0.25) is 0 Å². The highest BCUT2D eigenvalue weighted by atomic mass is 16.6. The highest BCUT2D eigenvalue weighted by Crippen LogP contribution is 2.15. The molecule has 0 fully saturated rings. The molecule has 0 aliphatic heterocycles. The van der Waals surface area contributed by atoms with Gasteiger partial charge in [0.2, 0.25) is 5.52 Å². The average Bonchev–Trinajstić information content (AvgIpc) is 2.74. The molecule has 0 spiro atoms. The van der Waals surface area contributed by atoms with Crippen molar-refractivity contribution in [2.75, 3.05) is 0 Å². The predicted octanol–water partition coefficient (Wildman–Crippen LogP) is -1.07. The largest absolute Gasteiger partial charge is 0.437 e. The second kappa shape index (κ2) is 4.72. The molecule has 0 saturated carbocycles. The van der Waals surface area contributed by atoms with Crippen molar-refractivity contribution < 1.29 is 9.72 Å². The summed E-state index contributed by atoms with van der Waals surface area (Å²) in [6, 6.07) is 0. The van der Waals surface area contributed by atoms with Gasteiger partial charge in [-0.3, -0.25) is 13.9 Å². The molecule has 0 unspecified atom stereocenters. The number of nitro groups is 1. The number of nitrogens with zero attached hydrogens (tertiary/aromatic N) is 5. The van der Waals surface area contributed by atoms with Crippen LogP contribution in [0, 0.1) is 10.1 Å². The number of rotatable bonds is 4. The van der Waals surface area contributed by atoms with Gasteiger partial charge in [0.05, 0.1) is 7.05 Å². The van der Waals surface area contributed by atoms with Crippen LogP contribution in [0.15, 0.2) is 9.59 Å². The Hall–Kier alpha value is -2.78. The summed E-state index contributed by atoms with van der Waals surface area (Å²) in [6.07, 6.45) is 0.651. The zero-order chi connectivity index (χ0) is 15.0. The average molecular weight is 281 g/mol. The minimum absolute atomic E-state index is 0.00111. The first-order chi connectivity index (χ1) is 9.40. The maximum atomic E-state index is 12.0. The van der Waals surface area contributed by atoms with Gasteiger partial charge in [-0.2, -0.15) is 0 Å². The van der Waals surface area contributed by atoms with E-state index < -0.39 is 22.1 Å². The third-order valence-electron chi connectivity index (χ3n) is 2.97. The number of imidazole rings is 1. The summed E-state index contributed by atoms with van der Waals surface area (Å²) >= 11 is 0. The Morgan fingerprint density at radius 2 is 1.95 bits per heavy atom. The maximum Gasteiger partial charge on any atom is 0.437 e. The van der Waals surface area contributed by atoms with E-state index >= 15 is 0 Å². The Morgan fingerprint density at radius 1 is 1.30 bits per heavy atom. The molecule has 2 aromatic rings. The van der Waals surface area contributed by atoms with Gasteiger partial charge in [0.25, 0.3) is 11.2 Å². The molecule has 0 saturated heterocycles. The van der Waals surface area contributed by atoms with Gasteiger partial charge in [-0.05, 0) is 9.91 Å². The second-order valence-corrected chi connectivity index (χ2v) is 4.15. The number of hydrogen-bond acceptors (Lipinski definition) is 6. The predicted molar refractivity (Wildman–Crippen MR) is 67.6 cm³/mol. The lowest BCUT2D eigenvalue weighted by Gasteiger charge is -2.04. The molecule has 106 valence electrons. The van der Waals surface area contributed by atoms with Crippen molar-refractivity contribution in [3.05, 3.63) is 31.0 Å². The molecular formula is C10H11N5O5. The summed E-state index contributed by atoms with van der Waals surface area (Å²) in [5.41, 5.74) is -1.48. The number of carbonyl (C=O) groups excluding carboxylic acids is 1. The normalized spacial score (nSPS) is 10.9. The van der Waals surface area contributed by atoms with E-state index in [0.717, 1.165) is 13.7 Å². The molecule has 20 heavy (non-hydrogen) atoms. The van der Waals surface area contributed by atoms with Crippen LogP contribution in [-0.4, -0.2) is 29.9 Å². The Labute approximate surface area is 111 Å². The van der Waals surface area contributed by atoms with Crippen LogP contribution in [0.5, 0.6) is 0 Å². The van der Waals surface area contributed by atoms with Gasteiger partial charge in [-0.25, -0.2) is 9.36 Å². The number of carbonyl (C=O) groups is 1. The van der Waals surface area contributed by atoms with E-state index in [0.29, 0.717) is 6.29 Å². The van der Waals surface area contributed by atoms with Gasteiger partial charge < -0.3 is 14.9 Å². The molecule has 10 heteroatoms. The molecule has 0 N–H and O–H groups in total. The first-order valence-corrected chi connectivity index (χ1v) is 5.64. The monoisotopic (exact) mass is 281 g/mol. The molecule has 2 rings (SSSR count). The number of aldehydes is 1. The fourth-order valence-corrected chi connectivity index (χ4v) is 1.96. The third kappa shape index (κ3) is 1.81. The maximum absolute atomic E-state index is 12.0. The van der Waals surface area contributed by atoms with Gasteiger partial charge >= 0.3 is 11.6 Å². The summed E-state index contributed by atoms with van der Waals surface area (Å²) in [7, 11) is 2.59. The van der Waals surface area contributed by atoms with Crippen molar-refractivity contribution in [3.63, 3.8) is 0 Å². The molecule has 0 aliphatic carbocycles. The van der Waals surface area contributed by atoms with Crippen LogP contribution in [0.25, 0.3) is 11.2 Å². The van der Waals surface area contributed by atoms with Crippen molar-refractivity contribution in [1.29, 1.82) is 0 Å². The quantitative estimate of drug-likeness (QED) is 0.399. The van der Waals surface area contributed by atoms with E-state index in [-0.39, 0.29) is 24.1 Å². The number of fused-ring (bicyclic) bond motifs is 1. The van der Waals surface area contributed by atoms with Crippen LogP contribution in [0.3, 0.4) is 0 Å². The van der Waals surface area contributed by atoms with Crippen LogP contribution < -0.4 is 11.2 Å². The molecule has 10 nitrogen and oxygen atoms in total. The smallest absolute Gasteiger partial charge is 0.390 e. The van der Waals surface area contributed by atoms with Crippen molar-refractivity contribution in [1.82, 2.24) is 18.7 Å². The van der Waals surface area contributed by atoms with Crippen LogP contribution in [0.4, 0.5) is 5.95 Å². The van der Waals surface area contributed by atoms with E-state index in [1.807, 2.05) is 0 Å². The highest BCUT2D eigenvalue weighted by molar-refractivity contribution is 5.72. The van der Waals surface area contributed by atoms with E-state index in [9.17, 15) is 24.5 Å². The zero-order valence-electron chi connectivity index (χ0n) is 10.8. The molecular weight excluding hydrogens is 270 g/mol. The van der Waals surface area contributed by atoms with Gasteiger partial charge in [0, 0.05) is 20.0 Å². The van der Waals surface area contributed by atoms with Crippen LogP contribution in [0.1, 0.15) is 6.42 Å². The zero-order valence-corrected chi connectivity index (χ0v) is 10.8. The number of hydrogen-bond donors (Lipinski definition) is 0. The molecule has 0 radical (unpaired) electrons. The topological polar surface area (TPSA) is 122 Å².